The van der Waals surface area contributed by atoms with Crippen molar-refractivity contribution in [3.63, 3.8) is 0 Å². The average Bonchev–Trinajstić information content (AvgIpc) is 2.23. The van der Waals surface area contributed by atoms with Gasteiger partial charge in [-0.1, -0.05) is 22.0 Å². The van der Waals surface area contributed by atoms with Gasteiger partial charge in [-0.15, -0.1) is 12.4 Å². The Hall–Kier alpha value is -0.780. The standard InChI is InChI=1S/C12H18BrN3O.ClH/c1-9(14)7-12(17)16-6-5-15-11-4-2-3-10(13)8-11;/h2-4,8-9,15H,5-7,14H2,1H3,(H,16,17);1H. The largest absolute Gasteiger partial charge is 0.383 e. The summed E-state index contributed by atoms with van der Waals surface area (Å²) in [7, 11) is 0. The summed E-state index contributed by atoms with van der Waals surface area (Å²) in [5, 5.41) is 6.02. The molecule has 18 heavy (non-hydrogen) atoms. The number of hydrogen-bond acceptors (Lipinski definition) is 3. The van der Waals surface area contributed by atoms with Crippen LogP contribution in [0.2, 0.25) is 0 Å². The molecule has 4 nitrogen and oxygen atoms in total. The fraction of sp³-hybridized carbons (Fsp3) is 0.417. The molecule has 1 rings (SSSR count). The van der Waals surface area contributed by atoms with Gasteiger partial charge in [0.15, 0.2) is 0 Å². The second-order valence-corrected chi connectivity index (χ2v) is 4.88. The van der Waals surface area contributed by atoms with Crippen molar-refractivity contribution in [1.82, 2.24) is 5.32 Å². The zero-order valence-electron chi connectivity index (χ0n) is 10.3. The Kier molecular flexibility index (Phi) is 8.79. The predicted octanol–water partition coefficient (Wildman–Crippen LogP) is 2.14. The van der Waals surface area contributed by atoms with Crippen LogP contribution in [-0.2, 0) is 4.79 Å². The van der Waals surface area contributed by atoms with Crippen molar-refractivity contribution in [3.8, 4) is 0 Å². The molecular formula is C12H19BrClN3O. The first-order valence-corrected chi connectivity index (χ1v) is 6.39. The quantitative estimate of drug-likeness (QED) is 0.697. The molecule has 1 amide bonds. The summed E-state index contributed by atoms with van der Waals surface area (Å²) in [6.07, 6.45) is 0.372. The van der Waals surface area contributed by atoms with Gasteiger partial charge in [0.2, 0.25) is 5.91 Å². The van der Waals surface area contributed by atoms with Crippen LogP contribution in [0.4, 0.5) is 5.69 Å². The van der Waals surface area contributed by atoms with E-state index in [1.54, 1.807) is 0 Å². The van der Waals surface area contributed by atoms with Gasteiger partial charge in [0.05, 0.1) is 0 Å². The molecule has 0 spiro atoms. The van der Waals surface area contributed by atoms with E-state index in [0.29, 0.717) is 19.5 Å². The number of carbonyl (C=O) groups excluding carboxylic acids is 1. The van der Waals surface area contributed by atoms with E-state index in [4.69, 9.17) is 5.73 Å². The molecule has 0 fully saturated rings. The van der Waals surface area contributed by atoms with Crippen LogP contribution in [0.5, 0.6) is 0 Å². The third-order valence-corrected chi connectivity index (χ3v) is 2.60. The van der Waals surface area contributed by atoms with Gasteiger partial charge in [-0.25, -0.2) is 0 Å². The zero-order chi connectivity index (χ0) is 12.7. The smallest absolute Gasteiger partial charge is 0.221 e. The van der Waals surface area contributed by atoms with Crippen LogP contribution in [0.25, 0.3) is 0 Å². The molecule has 0 saturated heterocycles. The molecule has 4 N–H and O–H groups in total. The van der Waals surface area contributed by atoms with Crippen molar-refractivity contribution < 1.29 is 4.79 Å². The molecular weight excluding hydrogens is 318 g/mol. The molecule has 1 atom stereocenters. The van der Waals surface area contributed by atoms with E-state index in [1.165, 1.54) is 0 Å². The normalized spacial score (nSPS) is 11.3. The van der Waals surface area contributed by atoms with E-state index < -0.39 is 0 Å². The molecule has 0 aromatic heterocycles. The molecule has 1 aromatic carbocycles. The van der Waals surface area contributed by atoms with E-state index in [2.05, 4.69) is 26.6 Å². The predicted molar refractivity (Wildman–Crippen MR) is 81.2 cm³/mol. The fourth-order valence-electron chi connectivity index (χ4n) is 1.37. The first kappa shape index (κ1) is 17.2. The number of nitrogens with two attached hydrogens (primary N) is 1. The molecule has 0 heterocycles. The molecule has 102 valence electrons. The number of halogens is 2. The van der Waals surface area contributed by atoms with Crippen LogP contribution in [0.1, 0.15) is 13.3 Å². The Bertz CT molecular complexity index is 374. The zero-order valence-corrected chi connectivity index (χ0v) is 12.7. The van der Waals surface area contributed by atoms with E-state index in [1.807, 2.05) is 31.2 Å². The van der Waals surface area contributed by atoms with Crippen LogP contribution in [0.15, 0.2) is 28.7 Å². The maximum atomic E-state index is 11.3. The monoisotopic (exact) mass is 335 g/mol. The van der Waals surface area contributed by atoms with Gasteiger partial charge < -0.3 is 16.4 Å². The van der Waals surface area contributed by atoms with Crippen LogP contribution < -0.4 is 16.4 Å². The summed E-state index contributed by atoms with van der Waals surface area (Å²) >= 11 is 3.40. The molecule has 0 aliphatic rings. The lowest BCUT2D eigenvalue weighted by Crippen LogP contribution is -2.32. The lowest BCUT2D eigenvalue weighted by Gasteiger charge is -2.09. The first-order valence-electron chi connectivity index (χ1n) is 5.59. The molecule has 1 unspecified atom stereocenters. The number of amides is 1. The van der Waals surface area contributed by atoms with E-state index >= 15 is 0 Å². The summed E-state index contributed by atoms with van der Waals surface area (Å²) in [5.41, 5.74) is 6.55. The topological polar surface area (TPSA) is 67.2 Å². The van der Waals surface area contributed by atoms with Crippen molar-refractivity contribution in [2.75, 3.05) is 18.4 Å². The fourth-order valence-corrected chi connectivity index (χ4v) is 1.77. The Labute approximate surface area is 122 Å². The van der Waals surface area contributed by atoms with Crippen LogP contribution in [0.3, 0.4) is 0 Å². The summed E-state index contributed by atoms with van der Waals surface area (Å²) in [5.74, 6) is -0.00366. The Balaban J connectivity index is 0.00000289. The minimum absolute atomic E-state index is 0. The van der Waals surface area contributed by atoms with Gasteiger partial charge in [-0.05, 0) is 25.1 Å². The third-order valence-electron chi connectivity index (χ3n) is 2.11. The Morgan fingerprint density at radius 2 is 2.17 bits per heavy atom. The Morgan fingerprint density at radius 1 is 1.44 bits per heavy atom. The van der Waals surface area contributed by atoms with Gasteiger partial charge in [0.25, 0.3) is 0 Å². The molecule has 0 aliphatic carbocycles. The number of anilines is 1. The van der Waals surface area contributed by atoms with E-state index in [-0.39, 0.29) is 24.4 Å². The minimum Gasteiger partial charge on any atom is -0.383 e. The molecule has 1 aromatic rings. The highest BCUT2D eigenvalue weighted by atomic mass is 79.9. The summed E-state index contributed by atoms with van der Waals surface area (Å²) in [4.78, 5) is 11.3. The summed E-state index contributed by atoms with van der Waals surface area (Å²) < 4.78 is 1.03. The lowest BCUT2D eigenvalue weighted by atomic mass is 10.2. The van der Waals surface area contributed by atoms with Crippen LogP contribution >= 0.6 is 28.3 Å². The van der Waals surface area contributed by atoms with E-state index in [9.17, 15) is 4.79 Å². The number of hydrogen-bond donors (Lipinski definition) is 3. The number of rotatable bonds is 6. The lowest BCUT2D eigenvalue weighted by molar-refractivity contribution is -0.121. The van der Waals surface area contributed by atoms with Gasteiger partial charge in [-0.2, -0.15) is 0 Å². The SMILES string of the molecule is CC(N)CC(=O)NCCNc1cccc(Br)c1.Cl. The van der Waals surface area contributed by atoms with Crippen molar-refractivity contribution in [1.29, 1.82) is 0 Å². The van der Waals surface area contributed by atoms with Crippen molar-refractivity contribution in [3.05, 3.63) is 28.7 Å². The van der Waals surface area contributed by atoms with Crippen molar-refractivity contribution in [2.45, 2.75) is 19.4 Å². The first-order chi connectivity index (χ1) is 8.08. The molecule has 0 bridgehead atoms. The van der Waals surface area contributed by atoms with Crippen LogP contribution in [-0.4, -0.2) is 25.0 Å². The highest BCUT2D eigenvalue weighted by molar-refractivity contribution is 9.10. The molecule has 0 radical (unpaired) electrons. The third kappa shape index (κ3) is 7.53. The Morgan fingerprint density at radius 3 is 2.78 bits per heavy atom. The maximum absolute atomic E-state index is 11.3. The number of carbonyl (C=O) groups is 1. The van der Waals surface area contributed by atoms with Gasteiger partial charge in [-0.3, -0.25) is 4.79 Å². The maximum Gasteiger partial charge on any atom is 0.221 e. The van der Waals surface area contributed by atoms with Crippen molar-refractivity contribution >= 4 is 39.9 Å². The summed E-state index contributed by atoms with van der Waals surface area (Å²) in [6.45, 7) is 3.11. The second kappa shape index (κ2) is 9.19. The highest BCUT2D eigenvalue weighted by Gasteiger charge is 2.03. The molecule has 6 heteroatoms. The number of nitrogens with one attached hydrogen (secondary N) is 2. The van der Waals surface area contributed by atoms with Gasteiger partial charge >= 0.3 is 0 Å². The summed E-state index contributed by atoms with van der Waals surface area (Å²) in [6, 6.07) is 7.81. The van der Waals surface area contributed by atoms with Gasteiger partial charge in [0.1, 0.15) is 0 Å². The highest BCUT2D eigenvalue weighted by Crippen LogP contribution is 2.14. The van der Waals surface area contributed by atoms with E-state index in [0.717, 1.165) is 10.2 Å². The second-order valence-electron chi connectivity index (χ2n) is 3.97. The molecule has 0 saturated carbocycles. The molecule has 0 aliphatic heterocycles. The van der Waals surface area contributed by atoms with Gasteiger partial charge in [0, 0.05) is 35.7 Å². The average molecular weight is 337 g/mol. The number of benzene rings is 1. The minimum atomic E-state index is -0.0898. The van der Waals surface area contributed by atoms with Crippen molar-refractivity contribution in [2.24, 2.45) is 5.73 Å². The van der Waals surface area contributed by atoms with Crippen LogP contribution in [0, 0.1) is 0 Å².